The minimum Gasteiger partial charge on any atom is -0.352 e. The van der Waals surface area contributed by atoms with Crippen molar-refractivity contribution in [3.05, 3.63) is 42.5 Å². The lowest BCUT2D eigenvalue weighted by atomic mass is 10.2. The van der Waals surface area contributed by atoms with Gasteiger partial charge in [-0.1, -0.05) is 12.1 Å². The second-order valence-electron chi connectivity index (χ2n) is 5.29. The van der Waals surface area contributed by atoms with Crippen molar-refractivity contribution in [1.82, 2.24) is 23.6 Å². The van der Waals surface area contributed by atoms with Crippen molar-refractivity contribution in [3.63, 3.8) is 0 Å². The number of para-hydroxylation sites is 1. The Hall–Kier alpha value is -2.61. The molecule has 4 rings (SSSR count). The lowest BCUT2D eigenvalue weighted by Crippen LogP contribution is -2.49. The van der Waals surface area contributed by atoms with Gasteiger partial charge in [-0.3, -0.25) is 4.79 Å². The predicted molar refractivity (Wildman–Crippen MR) is 87.6 cm³/mol. The molecule has 23 heavy (non-hydrogen) atoms. The number of hydrogen-bond acceptors (Lipinski definition) is 7. The van der Waals surface area contributed by atoms with Crippen LogP contribution in [0.5, 0.6) is 0 Å². The Bertz CT molecular complexity index is 824. The molecule has 1 aliphatic heterocycles. The highest BCUT2D eigenvalue weighted by Crippen LogP contribution is 2.23. The SMILES string of the molecule is O=C(c1cnsn1)N1CCN(c2ncnc3ccccc23)CC1. The second kappa shape index (κ2) is 5.88. The summed E-state index contributed by atoms with van der Waals surface area (Å²) in [5.74, 6) is 0.879. The average molecular weight is 326 g/mol. The fourth-order valence-corrected chi connectivity index (χ4v) is 3.19. The van der Waals surface area contributed by atoms with E-state index in [4.69, 9.17) is 0 Å². The highest BCUT2D eigenvalue weighted by Gasteiger charge is 2.25. The average Bonchev–Trinajstić information content (AvgIpc) is 3.15. The van der Waals surface area contributed by atoms with Crippen LogP contribution in [0.1, 0.15) is 10.5 Å². The van der Waals surface area contributed by atoms with Crippen LogP contribution < -0.4 is 4.90 Å². The second-order valence-corrected chi connectivity index (χ2v) is 5.84. The summed E-state index contributed by atoms with van der Waals surface area (Å²) in [6.07, 6.45) is 3.12. The lowest BCUT2D eigenvalue weighted by molar-refractivity contribution is 0.0742. The molecule has 1 fully saturated rings. The number of hydrogen-bond donors (Lipinski definition) is 0. The standard InChI is InChI=1S/C15H14N6OS/c22-15(13-9-18-23-19-13)21-7-5-20(6-8-21)14-11-3-1-2-4-12(11)16-10-17-14/h1-4,9-10H,5-8H2. The third-order valence-electron chi connectivity index (χ3n) is 3.97. The van der Waals surface area contributed by atoms with Gasteiger partial charge < -0.3 is 9.80 Å². The van der Waals surface area contributed by atoms with Crippen LogP contribution in [-0.2, 0) is 0 Å². The van der Waals surface area contributed by atoms with Gasteiger partial charge in [-0.2, -0.15) is 8.75 Å². The largest absolute Gasteiger partial charge is 0.352 e. The van der Waals surface area contributed by atoms with E-state index in [-0.39, 0.29) is 5.91 Å². The van der Waals surface area contributed by atoms with Crippen LogP contribution in [0.4, 0.5) is 5.82 Å². The normalized spacial score (nSPS) is 15.1. The third kappa shape index (κ3) is 2.61. The topological polar surface area (TPSA) is 75.1 Å². The maximum Gasteiger partial charge on any atom is 0.275 e. The van der Waals surface area contributed by atoms with Crippen LogP contribution in [0.25, 0.3) is 10.9 Å². The molecule has 0 N–H and O–H groups in total. The molecule has 0 saturated carbocycles. The number of anilines is 1. The number of benzene rings is 1. The van der Waals surface area contributed by atoms with Gasteiger partial charge in [0.2, 0.25) is 0 Å². The van der Waals surface area contributed by atoms with E-state index in [1.54, 1.807) is 6.33 Å². The Morgan fingerprint density at radius 2 is 1.91 bits per heavy atom. The molecule has 1 saturated heterocycles. The number of carbonyl (C=O) groups excluding carboxylic acids is 1. The summed E-state index contributed by atoms with van der Waals surface area (Å²) in [5, 5.41) is 1.04. The smallest absolute Gasteiger partial charge is 0.275 e. The van der Waals surface area contributed by atoms with E-state index in [1.807, 2.05) is 29.2 Å². The Kier molecular flexibility index (Phi) is 3.58. The molecule has 1 aromatic carbocycles. The molecule has 0 radical (unpaired) electrons. The molecule has 1 aliphatic rings. The molecular weight excluding hydrogens is 312 g/mol. The van der Waals surface area contributed by atoms with Crippen molar-refractivity contribution in [2.24, 2.45) is 0 Å². The number of piperazine rings is 1. The Labute approximate surface area is 136 Å². The van der Waals surface area contributed by atoms with Gasteiger partial charge in [0.1, 0.15) is 12.1 Å². The summed E-state index contributed by atoms with van der Waals surface area (Å²) in [4.78, 5) is 25.1. The van der Waals surface area contributed by atoms with Crippen molar-refractivity contribution < 1.29 is 4.79 Å². The quantitative estimate of drug-likeness (QED) is 0.709. The van der Waals surface area contributed by atoms with E-state index in [0.717, 1.165) is 41.5 Å². The molecule has 0 atom stereocenters. The first kappa shape index (κ1) is 14.0. The molecule has 116 valence electrons. The molecule has 0 spiro atoms. The molecule has 0 aliphatic carbocycles. The summed E-state index contributed by atoms with van der Waals surface area (Å²) in [6.45, 7) is 2.78. The minimum absolute atomic E-state index is 0.0501. The molecule has 0 unspecified atom stereocenters. The molecule has 3 heterocycles. The zero-order valence-corrected chi connectivity index (χ0v) is 13.1. The van der Waals surface area contributed by atoms with Crippen LogP contribution in [0, 0.1) is 0 Å². The number of aromatic nitrogens is 4. The molecule has 8 heteroatoms. The molecule has 1 amide bonds. The summed E-state index contributed by atoms with van der Waals surface area (Å²) >= 11 is 1.06. The van der Waals surface area contributed by atoms with Crippen molar-refractivity contribution in [3.8, 4) is 0 Å². The van der Waals surface area contributed by atoms with E-state index in [9.17, 15) is 4.79 Å². The monoisotopic (exact) mass is 326 g/mol. The summed E-state index contributed by atoms with van der Waals surface area (Å²) in [6, 6.07) is 7.97. The van der Waals surface area contributed by atoms with Gasteiger partial charge in [0.05, 0.1) is 23.4 Å². The molecule has 2 aromatic heterocycles. The molecule has 0 bridgehead atoms. The number of rotatable bonds is 2. The fourth-order valence-electron chi connectivity index (χ4n) is 2.78. The van der Waals surface area contributed by atoms with Crippen LogP contribution in [0.3, 0.4) is 0 Å². The first-order valence-electron chi connectivity index (χ1n) is 7.34. The maximum atomic E-state index is 12.3. The summed E-state index contributed by atoms with van der Waals surface area (Å²) in [5.41, 5.74) is 1.36. The fraction of sp³-hybridized carbons (Fsp3) is 0.267. The van der Waals surface area contributed by atoms with Crippen LogP contribution in [-0.4, -0.2) is 55.7 Å². The van der Waals surface area contributed by atoms with Gasteiger partial charge in [0.15, 0.2) is 5.69 Å². The highest BCUT2D eigenvalue weighted by molar-refractivity contribution is 6.99. The third-order valence-corrected chi connectivity index (χ3v) is 4.45. The Morgan fingerprint density at radius 3 is 2.70 bits per heavy atom. The molecular formula is C15H14N6OS. The number of carbonyl (C=O) groups is 1. The lowest BCUT2D eigenvalue weighted by Gasteiger charge is -2.35. The van der Waals surface area contributed by atoms with Gasteiger partial charge in [0, 0.05) is 31.6 Å². The van der Waals surface area contributed by atoms with Gasteiger partial charge in [-0.15, -0.1) is 0 Å². The zero-order valence-electron chi connectivity index (χ0n) is 12.3. The maximum absolute atomic E-state index is 12.3. The van der Waals surface area contributed by atoms with Crippen molar-refractivity contribution in [1.29, 1.82) is 0 Å². The molecule has 3 aromatic rings. The van der Waals surface area contributed by atoms with E-state index in [2.05, 4.69) is 23.6 Å². The number of nitrogens with zero attached hydrogens (tertiary/aromatic N) is 6. The van der Waals surface area contributed by atoms with Crippen molar-refractivity contribution >= 4 is 34.4 Å². The predicted octanol–water partition coefficient (Wildman–Crippen LogP) is 1.44. The van der Waals surface area contributed by atoms with Crippen LogP contribution in [0.2, 0.25) is 0 Å². The van der Waals surface area contributed by atoms with Crippen LogP contribution >= 0.6 is 11.7 Å². The van der Waals surface area contributed by atoms with Gasteiger partial charge >= 0.3 is 0 Å². The zero-order chi connectivity index (χ0) is 15.6. The molecule has 7 nitrogen and oxygen atoms in total. The van der Waals surface area contributed by atoms with E-state index in [0.29, 0.717) is 18.8 Å². The van der Waals surface area contributed by atoms with Crippen molar-refractivity contribution in [2.45, 2.75) is 0 Å². The van der Waals surface area contributed by atoms with Gasteiger partial charge in [0.25, 0.3) is 5.91 Å². The first-order chi connectivity index (χ1) is 11.3. The van der Waals surface area contributed by atoms with Gasteiger partial charge in [-0.05, 0) is 12.1 Å². The Balaban J connectivity index is 1.52. The highest BCUT2D eigenvalue weighted by atomic mass is 32.1. The number of amides is 1. The minimum atomic E-state index is -0.0501. The first-order valence-corrected chi connectivity index (χ1v) is 8.07. The van der Waals surface area contributed by atoms with Crippen LogP contribution in [0.15, 0.2) is 36.8 Å². The van der Waals surface area contributed by atoms with E-state index >= 15 is 0 Å². The van der Waals surface area contributed by atoms with E-state index in [1.165, 1.54) is 6.20 Å². The van der Waals surface area contributed by atoms with Gasteiger partial charge in [-0.25, -0.2) is 9.97 Å². The number of fused-ring (bicyclic) bond motifs is 1. The van der Waals surface area contributed by atoms with Crippen molar-refractivity contribution in [2.75, 3.05) is 31.1 Å². The van der Waals surface area contributed by atoms with E-state index < -0.39 is 0 Å². The summed E-state index contributed by atoms with van der Waals surface area (Å²) < 4.78 is 7.91. The summed E-state index contributed by atoms with van der Waals surface area (Å²) in [7, 11) is 0. The Morgan fingerprint density at radius 1 is 1.09 bits per heavy atom.